The van der Waals surface area contributed by atoms with Crippen molar-refractivity contribution in [2.24, 2.45) is 16.6 Å². The zero-order chi connectivity index (χ0) is 18.5. The van der Waals surface area contributed by atoms with E-state index in [9.17, 15) is 0 Å². The summed E-state index contributed by atoms with van der Waals surface area (Å²) in [5.41, 5.74) is 9.83. The maximum Gasteiger partial charge on any atom is 0.187 e. The summed E-state index contributed by atoms with van der Waals surface area (Å²) in [7, 11) is 0. The highest BCUT2D eigenvalue weighted by molar-refractivity contribution is 7.15. The van der Waals surface area contributed by atoms with Gasteiger partial charge in [-0.25, -0.2) is 4.98 Å². The number of anilines is 1. The highest BCUT2D eigenvalue weighted by atomic mass is 32.1. The van der Waals surface area contributed by atoms with Crippen LogP contribution in [0.2, 0.25) is 0 Å². The molecule has 1 unspecified atom stereocenters. The van der Waals surface area contributed by atoms with Crippen molar-refractivity contribution in [3.8, 4) is 0 Å². The van der Waals surface area contributed by atoms with E-state index in [4.69, 9.17) is 5.73 Å². The number of hydrogen-bond acceptors (Lipinski definition) is 5. The van der Waals surface area contributed by atoms with Gasteiger partial charge in [-0.3, -0.25) is 4.99 Å². The number of aromatic nitrogens is 1. The summed E-state index contributed by atoms with van der Waals surface area (Å²) in [6.45, 7) is 8.37. The molecule has 0 radical (unpaired) electrons. The van der Waals surface area contributed by atoms with Crippen molar-refractivity contribution in [3.63, 3.8) is 0 Å². The number of nitrogens with zero attached hydrogens (tertiary/aromatic N) is 2. The molecule has 5 heteroatoms. The summed E-state index contributed by atoms with van der Waals surface area (Å²) in [6.07, 6.45) is 8.97. The maximum atomic E-state index is 5.84. The first kappa shape index (κ1) is 18.4. The highest BCUT2D eigenvalue weighted by Crippen LogP contribution is 2.43. The van der Waals surface area contributed by atoms with Gasteiger partial charge in [0.15, 0.2) is 5.13 Å². The van der Waals surface area contributed by atoms with Crippen LogP contribution < -0.4 is 11.1 Å². The monoisotopic (exact) mass is 366 g/mol. The SMILES string of the molecule is C=C(Nc1ncc(C2CC2)s1)C(C)/C(C=Nc1cccc(CC)c1)=C/N. The summed E-state index contributed by atoms with van der Waals surface area (Å²) in [5.74, 6) is 0.755. The Hall–Kier alpha value is -2.40. The van der Waals surface area contributed by atoms with Gasteiger partial charge in [0, 0.05) is 28.9 Å². The van der Waals surface area contributed by atoms with Crippen LogP contribution >= 0.6 is 11.3 Å². The smallest absolute Gasteiger partial charge is 0.187 e. The van der Waals surface area contributed by atoms with Gasteiger partial charge in [-0.05, 0) is 54.6 Å². The molecule has 1 aromatic heterocycles. The first-order valence-electron chi connectivity index (χ1n) is 9.07. The van der Waals surface area contributed by atoms with Crippen molar-refractivity contribution in [1.82, 2.24) is 4.98 Å². The van der Waals surface area contributed by atoms with E-state index >= 15 is 0 Å². The molecule has 136 valence electrons. The molecule has 0 amide bonds. The quantitative estimate of drug-likeness (QED) is 0.616. The van der Waals surface area contributed by atoms with Crippen LogP contribution in [0.15, 0.2) is 59.5 Å². The minimum absolute atomic E-state index is 0.0337. The Morgan fingerprint density at radius 2 is 2.31 bits per heavy atom. The van der Waals surface area contributed by atoms with Crippen LogP contribution in [0, 0.1) is 5.92 Å². The van der Waals surface area contributed by atoms with Gasteiger partial charge in [0.1, 0.15) is 0 Å². The molecule has 0 bridgehead atoms. The third-order valence-electron chi connectivity index (χ3n) is 4.67. The summed E-state index contributed by atoms with van der Waals surface area (Å²) in [4.78, 5) is 10.4. The number of benzene rings is 1. The van der Waals surface area contributed by atoms with Gasteiger partial charge >= 0.3 is 0 Å². The Morgan fingerprint density at radius 1 is 1.50 bits per heavy atom. The van der Waals surface area contributed by atoms with Crippen molar-refractivity contribution in [1.29, 1.82) is 0 Å². The van der Waals surface area contributed by atoms with Crippen LogP contribution in [-0.4, -0.2) is 11.2 Å². The number of allylic oxidation sites excluding steroid dienone is 1. The van der Waals surface area contributed by atoms with Crippen molar-refractivity contribution in [3.05, 3.63) is 65.0 Å². The third-order valence-corrected chi connectivity index (χ3v) is 5.74. The maximum absolute atomic E-state index is 5.84. The Labute approximate surface area is 159 Å². The molecule has 1 atom stereocenters. The second-order valence-corrected chi connectivity index (χ2v) is 7.72. The zero-order valence-electron chi connectivity index (χ0n) is 15.4. The summed E-state index contributed by atoms with van der Waals surface area (Å²) < 4.78 is 0. The fraction of sp³-hybridized carbons (Fsp3) is 0.333. The summed E-state index contributed by atoms with van der Waals surface area (Å²) in [5, 5.41) is 4.23. The molecule has 1 aromatic carbocycles. The average Bonchev–Trinajstić information content (AvgIpc) is 3.41. The molecule has 0 saturated heterocycles. The van der Waals surface area contributed by atoms with E-state index in [0.717, 1.165) is 34.4 Å². The second kappa shape index (κ2) is 8.32. The third kappa shape index (κ3) is 4.61. The molecule has 26 heavy (non-hydrogen) atoms. The standard InChI is InChI=1S/C21H26N4S/c1-4-16-6-5-7-19(10-16)23-12-18(11-22)14(2)15(3)25-21-24-13-20(26-21)17-8-9-17/h5-7,10-14,17H,3-4,8-9,22H2,1-2H3,(H,24,25)/b18-11+,23-12?. The predicted octanol–water partition coefficient (Wildman–Crippen LogP) is 5.39. The van der Waals surface area contributed by atoms with Gasteiger partial charge in [0.2, 0.25) is 0 Å². The molecule has 1 saturated carbocycles. The molecular weight excluding hydrogens is 340 g/mol. The van der Waals surface area contributed by atoms with E-state index in [1.165, 1.54) is 23.3 Å². The van der Waals surface area contributed by atoms with Crippen LogP contribution in [0.25, 0.3) is 0 Å². The van der Waals surface area contributed by atoms with Crippen molar-refractivity contribution in [2.75, 3.05) is 5.32 Å². The van der Waals surface area contributed by atoms with E-state index in [1.807, 2.05) is 24.5 Å². The average molecular weight is 367 g/mol. The molecule has 1 heterocycles. The van der Waals surface area contributed by atoms with Gasteiger partial charge in [-0.1, -0.05) is 32.6 Å². The van der Waals surface area contributed by atoms with Gasteiger partial charge in [-0.15, -0.1) is 11.3 Å². The summed E-state index contributed by atoms with van der Waals surface area (Å²) in [6, 6.07) is 8.23. The lowest BCUT2D eigenvalue weighted by Gasteiger charge is -2.16. The molecule has 1 aliphatic carbocycles. The number of aryl methyl sites for hydroxylation is 1. The first-order chi connectivity index (χ1) is 12.6. The lowest BCUT2D eigenvalue weighted by atomic mass is 10.00. The molecule has 1 fully saturated rings. The van der Waals surface area contributed by atoms with E-state index in [0.29, 0.717) is 0 Å². The molecule has 0 aliphatic heterocycles. The number of hydrogen-bond donors (Lipinski definition) is 2. The van der Waals surface area contributed by atoms with Gasteiger partial charge in [0.05, 0.1) is 5.69 Å². The first-order valence-corrected chi connectivity index (χ1v) is 9.88. The summed E-state index contributed by atoms with van der Waals surface area (Å²) >= 11 is 1.72. The molecule has 2 aromatic rings. The second-order valence-electron chi connectivity index (χ2n) is 6.66. The predicted molar refractivity (Wildman–Crippen MR) is 112 cm³/mol. The number of thiazole rings is 1. The van der Waals surface area contributed by atoms with Crippen LogP contribution in [0.5, 0.6) is 0 Å². The fourth-order valence-electron chi connectivity index (χ4n) is 2.65. The van der Waals surface area contributed by atoms with E-state index < -0.39 is 0 Å². The van der Waals surface area contributed by atoms with E-state index in [-0.39, 0.29) is 5.92 Å². The molecule has 0 spiro atoms. The van der Waals surface area contributed by atoms with Crippen molar-refractivity contribution in [2.45, 2.75) is 39.0 Å². The number of aliphatic imine (C=N–C) groups is 1. The van der Waals surface area contributed by atoms with Crippen LogP contribution in [-0.2, 0) is 6.42 Å². The van der Waals surface area contributed by atoms with Crippen molar-refractivity contribution >= 4 is 28.4 Å². The zero-order valence-corrected chi connectivity index (χ0v) is 16.2. The lowest BCUT2D eigenvalue weighted by Crippen LogP contribution is -2.12. The molecular formula is C21H26N4S. The van der Waals surface area contributed by atoms with Crippen LogP contribution in [0.1, 0.15) is 43.0 Å². The van der Waals surface area contributed by atoms with Crippen LogP contribution in [0.3, 0.4) is 0 Å². The molecule has 3 rings (SSSR count). The number of rotatable bonds is 8. The van der Waals surface area contributed by atoms with E-state index in [2.05, 4.69) is 47.9 Å². The topological polar surface area (TPSA) is 63.3 Å². The Morgan fingerprint density at radius 3 is 3.00 bits per heavy atom. The van der Waals surface area contributed by atoms with E-state index in [1.54, 1.807) is 17.5 Å². The van der Waals surface area contributed by atoms with Gasteiger partial charge < -0.3 is 11.1 Å². The highest BCUT2D eigenvalue weighted by Gasteiger charge is 2.26. The van der Waals surface area contributed by atoms with Gasteiger partial charge in [-0.2, -0.15) is 0 Å². The molecule has 4 nitrogen and oxygen atoms in total. The number of nitrogens with one attached hydrogen (secondary N) is 1. The normalized spacial score (nSPS) is 16.0. The van der Waals surface area contributed by atoms with Crippen molar-refractivity contribution < 1.29 is 0 Å². The number of nitrogens with two attached hydrogens (primary N) is 1. The fourth-order valence-corrected chi connectivity index (χ4v) is 3.67. The minimum atomic E-state index is 0.0337. The Bertz CT molecular complexity index is 830. The Balaban J connectivity index is 1.64. The van der Waals surface area contributed by atoms with Crippen LogP contribution in [0.4, 0.5) is 10.8 Å². The minimum Gasteiger partial charge on any atom is -0.404 e. The molecule has 3 N–H and O–H groups in total. The largest absolute Gasteiger partial charge is 0.404 e. The lowest BCUT2D eigenvalue weighted by molar-refractivity contribution is 0.844. The Kier molecular flexibility index (Phi) is 5.89. The molecule has 1 aliphatic rings. The van der Waals surface area contributed by atoms with Gasteiger partial charge in [0.25, 0.3) is 0 Å².